The summed E-state index contributed by atoms with van der Waals surface area (Å²) in [6.07, 6.45) is 1.92. The molecule has 2 aromatic carbocycles. The maximum atomic E-state index is 12.2. The van der Waals surface area contributed by atoms with Gasteiger partial charge in [0, 0.05) is 17.2 Å². The van der Waals surface area contributed by atoms with Gasteiger partial charge in [-0.1, -0.05) is 42.0 Å². The standard InChI is InChI=1S/C21H22N2O3/c1-13-3-5-16(6-4-13)19(24)21(26)22-14(2)15-9-11-18(12-10-15)23-20(25)17-7-8-17/h3-6,9-12,14,17H,7-8H2,1-2H3,(H,22,26)(H,23,25). The van der Waals surface area contributed by atoms with Crippen LogP contribution in [-0.2, 0) is 9.59 Å². The van der Waals surface area contributed by atoms with Gasteiger partial charge in [0.1, 0.15) is 0 Å². The summed E-state index contributed by atoms with van der Waals surface area (Å²) >= 11 is 0. The molecule has 0 aliphatic heterocycles. The van der Waals surface area contributed by atoms with Gasteiger partial charge in [0.25, 0.3) is 5.91 Å². The van der Waals surface area contributed by atoms with Crippen LogP contribution in [0.25, 0.3) is 0 Å². The number of anilines is 1. The zero-order valence-electron chi connectivity index (χ0n) is 14.9. The van der Waals surface area contributed by atoms with Crippen LogP contribution in [0.3, 0.4) is 0 Å². The summed E-state index contributed by atoms with van der Waals surface area (Å²) in [5, 5.41) is 5.60. The van der Waals surface area contributed by atoms with Crippen molar-refractivity contribution in [1.82, 2.24) is 5.32 Å². The Hall–Kier alpha value is -2.95. The zero-order chi connectivity index (χ0) is 18.7. The molecule has 3 rings (SSSR count). The number of amides is 2. The van der Waals surface area contributed by atoms with E-state index in [0.717, 1.165) is 29.7 Å². The predicted octanol–water partition coefficient (Wildman–Crippen LogP) is 3.40. The molecule has 0 spiro atoms. The van der Waals surface area contributed by atoms with Gasteiger partial charge in [-0.2, -0.15) is 0 Å². The molecule has 5 heteroatoms. The van der Waals surface area contributed by atoms with Crippen LogP contribution in [-0.4, -0.2) is 17.6 Å². The third-order valence-electron chi connectivity index (χ3n) is 4.49. The van der Waals surface area contributed by atoms with Gasteiger partial charge in [-0.05, 0) is 44.4 Å². The highest BCUT2D eigenvalue weighted by Gasteiger charge is 2.29. The van der Waals surface area contributed by atoms with Gasteiger partial charge in [0.2, 0.25) is 11.7 Å². The van der Waals surface area contributed by atoms with Crippen molar-refractivity contribution in [1.29, 1.82) is 0 Å². The van der Waals surface area contributed by atoms with Crippen LogP contribution in [0, 0.1) is 12.8 Å². The highest BCUT2D eigenvalue weighted by Crippen LogP contribution is 2.30. The molecular formula is C21H22N2O3. The van der Waals surface area contributed by atoms with E-state index >= 15 is 0 Å². The smallest absolute Gasteiger partial charge is 0.292 e. The molecule has 1 aliphatic carbocycles. The Kier molecular flexibility index (Phi) is 5.16. The van der Waals surface area contributed by atoms with Crippen LogP contribution < -0.4 is 10.6 Å². The minimum atomic E-state index is -0.632. The van der Waals surface area contributed by atoms with E-state index in [1.54, 1.807) is 36.4 Å². The normalized spacial score (nSPS) is 14.4. The summed E-state index contributed by atoms with van der Waals surface area (Å²) in [6.45, 7) is 3.74. The zero-order valence-corrected chi connectivity index (χ0v) is 14.9. The monoisotopic (exact) mass is 350 g/mol. The van der Waals surface area contributed by atoms with Gasteiger partial charge in [-0.15, -0.1) is 0 Å². The maximum absolute atomic E-state index is 12.2. The number of hydrogen-bond donors (Lipinski definition) is 2. The summed E-state index contributed by atoms with van der Waals surface area (Å²) in [5.41, 5.74) is 3.00. The average molecular weight is 350 g/mol. The largest absolute Gasteiger partial charge is 0.343 e. The Balaban J connectivity index is 1.58. The third kappa shape index (κ3) is 4.36. The molecule has 134 valence electrons. The molecule has 1 unspecified atom stereocenters. The second-order valence-electron chi connectivity index (χ2n) is 6.78. The van der Waals surface area contributed by atoms with Gasteiger partial charge in [-0.25, -0.2) is 0 Å². The lowest BCUT2D eigenvalue weighted by molar-refractivity contribution is -0.118. The number of benzene rings is 2. The molecule has 2 N–H and O–H groups in total. The first kappa shape index (κ1) is 17.9. The van der Waals surface area contributed by atoms with Crippen LogP contribution in [0.1, 0.15) is 47.3 Å². The first-order valence-electron chi connectivity index (χ1n) is 8.76. The van der Waals surface area contributed by atoms with E-state index in [1.807, 2.05) is 26.0 Å². The number of ketones is 1. The van der Waals surface area contributed by atoms with E-state index in [-0.39, 0.29) is 17.9 Å². The summed E-state index contributed by atoms with van der Waals surface area (Å²) in [5.74, 6) is -0.971. The molecule has 26 heavy (non-hydrogen) atoms. The maximum Gasteiger partial charge on any atom is 0.292 e. The van der Waals surface area contributed by atoms with E-state index in [9.17, 15) is 14.4 Å². The van der Waals surface area contributed by atoms with Crippen LogP contribution >= 0.6 is 0 Å². The molecule has 0 bridgehead atoms. The molecule has 0 radical (unpaired) electrons. The van der Waals surface area contributed by atoms with Crippen molar-refractivity contribution in [3.8, 4) is 0 Å². The fraction of sp³-hybridized carbons (Fsp3) is 0.286. The summed E-state index contributed by atoms with van der Waals surface area (Å²) in [6, 6.07) is 13.9. The summed E-state index contributed by atoms with van der Waals surface area (Å²) in [4.78, 5) is 36.2. The van der Waals surface area contributed by atoms with Gasteiger partial charge < -0.3 is 10.6 Å². The SMILES string of the molecule is Cc1ccc(C(=O)C(=O)NC(C)c2ccc(NC(=O)C3CC3)cc2)cc1. The number of rotatable bonds is 6. The van der Waals surface area contributed by atoms with Crippen molar-refractivity contribution in [2.45, 2.75) is 32.7 Å². The predicted molar refractivity (Wildman–Crippen MR) is 99.9 cm³/mol. The number of nitrogens with one attached hydrogen (secondary N) is 2. The second kappa shape index (κ2) is 7.52. The molecule has 1 fully saturated rings. The Morgan fingerprint density at radius 3 is 2.15 bits per heavy atom. The van der Waals surface area contributed by atoms with Crippen molar-refractivity contribution in [2.24, 2.45) is 5.92 Å². The van der Waals surface area contributed by atoms with Crippen molar-refractivity contribution in [2.75, 3.05) is 5.32 Å². The third-order valence-corrected chi connectivity index (χ3v) is 4.49. The molecule has 1 aliphatic rings. The molecule has 1 atom stereocenters. The van der Waals surface area contributed by atoms with Gasteiger partial charge in [0.05, 0.1) is 6.04 Å². The number of carbonyl (C=O) groups excluding carboxylic acids is 3. The number of carbonyl (C=O) groups is 3. The number of aryl methyl sites for hydroxylation is 1. The molecular weight excluding hydrogens is 328 g/mol. The highest BCUT2D eigenvalue weighted by molar-refractivity contribution is 6.42. The minimum absolute atomic E-state index is 0.0581. The van der Waals surface area contributed by atoms with E-state index in [4.69, 9.17) is 0 Å². The Bertz CT molecular complexity index is 821. The lowest BCUT2D eigenvalue weighted by Crippen LogP contribution is -2.33. The lowest BCUT2D eigenvalue weighted by Gasteiger charge is -2.14. The van der Waals surface area contributed by atoms with Crippen molar-refractivity contribution in [3.05, 3.63) is 65.2 Å². The second-order valence-corrected chi connectivity index (χ2v) is 6.78. The molecule has 0 saturated heterocycles. The van der Waals surface area contributed by atoms with Crippen LogP contribution in [0.2, 0.25) is 0 Å². The minimum Gasteiger partial charge on any atom is -0.343 e. The number of Topliss-reactive ketones (excluding diaryl/α,β-unsaturated/α-hetero) is 1. The van der Waals surface area contributed by atoms with Gasteiger partial charge in [0.15, 0.2) is 0 Å². The van der Waals surface area contributed by atoms with Crippen LogP contribution in [0.5, 0.6) is 0 Å². The number of hydrogen-bond acceptors (Lipinski definition) is 3. The average Bonchev–Trinajstić information content (AvgIpc) is 3.47. The fourth-order valence-electron chi connectivity index (χ4n) is 2.63. The lowest BCUT2D eigenvalue weighted by atomic mass is 10.1. The summed E-state index contributed by atoms with van der Waals surface area (Å²) < 4.78 is 0. The molecule has 1 saturated carbocycles. The Morgan fingerprint density at radius 2 is 1.58 bits per heavy atom. The molecule has 0 aromatic heterocycles. The van der Waals surface area contributed by atoms with E-state index in [0.29, 0.717) is 5.56 Å². The first-order chi connectivity index (χ1) is 12.4. The topological polar surface area (TPSA) is 75.3 Å². The fourth-order valence-corrected chi connectivity index (χ4v) is 2.63. The highest BCUT2D eigenvalue weighted by atomic mass is 16.2. The van der Waals surface area contributed by atoms with Crippen molar-refractivity contribution < 1.29 is 14.4 Å². The van der Waals surface area contributed by atoms with E-state index in [1.165, 1.54) is 0 Å². The van der Waals surface area contributed by atoms with Crippen LogP contribution in [0.15, 0.2) is 48.5 Å². The summed E-state index contributed by atoms with van der Waals surface area (Å²) in [7, 11) is 0. The van der Waals surface area contributed by atoms with Crippen molar-refractivity contribution >= 4 is 23.3 Å². The molecule has 0 heterocycles. The molecule has 2 aromatic rings. The van der Waals surface area contributed by atoms with Gasteiger partial charge >= 0.3 is 0 Å². The van der Waals surface area contributed by atoms with Crippen LogP contribution in [0.4, 0.5) is 5.69 Å². The van der Waals surface area contributed by atoms with Crippen molar-refractivity contribution in [3.63, 3.8) is 0 Å². The van der Waals surface area contributed by atoms with Gasteiger partial charge in [-0.3, -0.25) is 14.4 Å². The molecule has 5 nitrogen and oxygen atoms in total. The molecule has 2 amide bonds. The Labute approximate surface area is 152 Å². The quantitative estimate of drug-likeness (QED) is 0.619. The first-order valence-corrected chi connectivity index (χ1v) is 8.76. The van der Waals surface area contributed by atoms with E-state index < -0.39 is 11.7 Å². The Morgan fingerprint density at radius 1 is 0.962 bits per heavy atom. The van der Waals surface area contributed by atoms with E-state index in [2.05, 4.69) is 10.6 Å².